The van der Waals surface area contributed by atoms with Gasteiger partial charge in [0.25, 0.3) is 0 Å². The van der Waals surface area contributed by atoms with Gasteiger partial charge in [-0.25, -0.2) is 0 Å². The summed E-state index contributed by atoms with van der Waals surface area (Å²) in [5, 5.41) is 0. The van der Waals surface area contributed by atoms with Crippen LogP contribution in [0, 0.1) is 0 Å². The van der Waals surface area contributed by atoms with Gasteiger partial charge in [-0.2, -0.15) is 25.8 Å². The topological polar surface area (TPSA) is 9.23 Å². The van der Waals surface area contributed by atoms with Gasteiger partial charge in [0.05, 0.1) is 12.7 Å². The molecule has 0 spiro atoms. The summed E-state index contributed by atoms with van der Waals surface area (Å²) in [6.07, 6.45) is -1.15. The molecule has 0 bridgehead atoms. The highest BCUT2D eigenvalue weighted by atomic mass is 32.1. The van der Waals surface area contributed by atoms with Crippen molar-refractivity contribution in [3.05, 3.63) is 35.4 Å². The van der Waals surface area contributed by atoms with Gasteiger partial charge in [-0.15, -0.1) is 0 Å². The summed E-state index contributed by atoms with van der Waals surface area (Å²) in [5.41, 5.74) is -0.293. The highest BCUT2D eigenvalue weighted by Gasteiger charge is 2.34. The fourth-order valence-corrected chi connectivity index (χ4v) is 1.34. The van der Waals surface area contributed by atoms with Crippen LogP contribution in [0.2, 0.25) is 0 Å². The lowest BCUT2D eigenvalue weighted by molar-refractivity contribution is -0.138. The lowest BCUT2D eigenvalue weighted by Gasteiger charge is -2.12. The van der Waals surface area contributed by atoms with Gasteiger partial charge < -0.3 is 4.74 Å². The number of rotatable bonds is 3. The minimum atomic E-state index is -4.41. The second kappa shape index (κ2) is 5.30. The minimum absolute atomic E-state index is 0.171. The van der Waals surface area contributed by atoms with Crippen molar-refractivity contribution >= 4 is 18.7 Å². The van der Waals surface area contributed by atoms with Gasteiger partial charge in [0, 0.05) is 5.75 Å². The minimum Gasteiger partial charge on any atom is -0.496 e. The van der Waals surface area contributed by atoms with Gasteiger partial charge in [0.1, 0.15) is 5.75 Å². The van der Waals surface area contributed by atoms with E-state index in [1.807, 2.05) is 0 Å². The number of alkyl halides is 3. The Hall–Kier alpha value is -1.10. The lowest BCUT2D eigenvalue weighted by atomic mass is 10.1. The zero-order chi connectivity index (χ0) is 12.2. The van der Waals surface area contributed by atoms with Crippen molar-refractivity contribution in [3.8, 4) is 5.75 Å². The molecular formula is C11H11F3OS. The van der Waals surface area contributed by atoms with Gasteiger partial charge in [-0.05, 0) is 17.7 Å². The molecule has 1 aromatic carbocycles. The SMILES string of the molecule is COc1ccc(C=CCS)cc1C(F)(F)F. The standard InChI is InChI=1S/C11H11F3OS/c1-15-10-5-4-8(3-2-6-16)7-9(10)11(12,13)14/h2-5,7,16H,6H2,1H3. The second-order valence-corrected chi connectivity index (χ2v) is 3.41. The molecule has 0 aliphatic rings. The molecule has 0 heterocycles. The molecule has 0 aromatic heterocycles. The number of halogens is 3. The van der Waals surface area contributed by atoms with E-state index in [1.54, 1.807) is 18.2 Å². The molecule has 0 atom stereocenters. The Labute approximate surface area is 97.3 Å². The van der Waals surface area contributed by atoms with Gasteiger partial charge in [-0.3, -0.25) is 0 Å². The van der Waals surface area contributed by atoms with Crippen LogP contribution >= 0.6 is 12.6 Å². The third-order valence-corrected chi connectivity index (χ3v) is 2.16. The highest BCUT2D eigenvalue weighted by molar-refractivity contribution is 7.80. The van der Waals surface area contributed by atoms with Crippen LogP contribution in [0.15, 0.2) is 24.3 Å². The van der Waals surface area contributed by atoms with E-state index in [0.29, 0.717) is 11.3 Å². The van der Waals surface area contributed by atoms with Gasteiger partial charge in [0.2, 0.25) is 0 Å². The number of thiol groups is 1. The number of benzene rings is 1. The molecule has 0 radical (unpaired) electrons. The van der Waals surface area contributed by atoms with Gasteiger partial charge in [-0.1, -0.05) is 18.2 Å². The molecule has 0 aliphatic carbocycles. The Morgan fingerprint density at radius 2 is 2.06 bits per heavy atom. The summed E-state index contributed by atoms with van der Waals surface area (Å²) in [6.45, 7) is 0. The van der Waals surface area contributed by atoms with Crippen LogP contribution in [-0.2, 0) is 6.18 Å². The molecule has 1 aromatic rings. The van der Waals surface area contributed by atoms with Crippen LogP contribution in [0.4, 0.5) is 13.2 Å². The van der Waals surface area contributed by atoms with E-state index in [0.717, 1.165) is 6.07 Å². The number of hydrogen-bond acceptors (Lipinski definition) is 2. The molecule has 0 N–H and O–H groups in total. The Morgan fingerprint density at radius 1 is 1.38 bits per heavy atom. The average molecular weight is 248 g/mol. The van der Waals surface area contributed by atoms with E-state index in [2.05, 4.69) is 17.4 Å². The van der Waals surface area contributed by atoms with Crippen LogP contribution in [0.3, 0.4) is 0 Å². The number of methoxy groups -OCH3 is 1. The van der Waals surface area contributed by atoms with Crippen LogP contribution in [0.25, 0.3) is 6.08 Å². The molecule has 0 saturated carbocycles. The molecule has 0 aliphatic heterocycles. The van der Waals surface area contributed by atoms with Crippen molar-refractivity contribution in [3.63, 3.8) is 0 Å². The monoisotopic (exact) mass is 248 g/mol. The summed E-state index contributed by atoms with van der Waals surface area (Å²) in [6, 6.07) is 3.92. The van der Waals surface area contributed by atoms with Gasteiger partial charge >= 0.3 is 6.18 Å². The molecule has 0 saturated heterocycles. The van der Waals surface area contributed by atoms with E-state index < -0.39 is 11.7 Å². The average Bonchev–Trinajstić information content (AvgIpc) is 2.24. The van der Waals surface area contributed by atoms with Crippen molar-refractivity contribution < 1.29 is 17.9 Å². The fraction of sp³-hybridized carbons (Fsp3) is 0.273. The molecule has 1 nitrogen and oxygen atoms in total. The molecule has 88 valence electrons. The lowest BCUT2D eigenvalue weighted by Crippen LogP contribution is -2.07. The maximum absolute atomic E-state index is 12.6. The highest BCUT2D eigenvalue weighted by Crippen LogP contribution is 2.36. The predicted octanol–water partition coefficient (Wildman–Crippen LogP) is 3.66. The Kier molecular flexibility index (Phi) is 4.29. The van der Waals surface area contributed by atoms with E-state index >= 15 is 0 Å². The van der Waals surface area contributed by atoms with Crippen LogP contribution in [0.5, 0.6) is 5.75 Å². The summed E-state index contributed by atoms with van der Waals surface area (Å²) >= 11 is 3.94. The Bertz CT molecular complexity index is 385. The molecule has 5 heteroatoms. The van der Waals surface area contributed by atoms with E-state index in [9.17, 15) is 13.2 Å². The molecule has 0 amide bonds. The van der Waals surface area contributed by atoms with Crippen LogP contribution < -0.4 is 4.74 Å². The van der Waals surface area contributed by atoms with Crippen LogP contribution in [-0.4, -0.2) is 12.9 Å². The summed E-state index contributed by atoms with van der Waals surface area (Å²) < 4.78 is 42.5. The largest absolute Gasteiger partial charge is 0.496 e. The molecular weight excluding hydrogens is 237 g/mol. The third kappa shape index (κ3) is 3.20. The number of hydrogen-bond donors (Lipinski definition) is 1. The Balaban J connectivity index is 3.16. The van der Waals surface area contributed by atoms with E-state index in [1.165, 1.54) is 13.2 Å². The summed E-state index contributed by atoms with van der Waals surface area (Å²) in [7, 11) is 1.22. The smallest absolute Gasteiger partial charge is 0.419 e. The Morgan fingerprint density at radius 3 is 2.56 bits per heavy atom. The maximum Gasteiger partial charge on any atom is 0.419 e. The molecule has 0 fully saturated rings. The van der Waals surface area contributed by atoms with Crippen molar-refractivity contribution in [1.29, 1.82) is 0 Å². The first kappa shape index (κ1) is 13.0. The zero-order valence-electron chi connectivity index (χ0n) is 8.58. The maximum atomic E-state index is 12.6. The molecule has 1 rings (SSSR count). The molecule has 0 unspecified atom stereocenters. The van der Waals surface area contributed by atoms with Gasteiger partial charge in [0.15, 0.2) is 0 Å². The van der Waals surface area contributed by atoms with Crippen molar-refractivity contribution in [1.82, 2.24) is 0 Å². The summed E-state index contributed by atoms with van der Waals surface area (Å²) in [5.74, 6) is 0.309. The third-order valence-electron chi connectivity index (χ3n) is 1.94. The first-order chi connectivity index (χ1) is 7.49. The van der Waals surface area contributed by atoms with Crippen molar-refractivity contribution in [2.45, 2.75) is 6.18 Å². The van der Waals surface area contributed by atoms with Crippen molar-refractivity contribution in [2.75, 3.05) is 12.9 Å². The normalized spacial score (nSPS) is 12.1. The first-order valence-corrected chi connectivity index (χ1v) is 5.15. The first-order valence-electron chi connectivity index (χ1n) is 4.51. The van der Waals surface area contributed by atoms with E-state index in [4.69, 9.17) is 0 Å². The quantitative estimate of drug-likeness (QED) is 0.803. The fourth-order valence-electron chi connectivity index (χ4n) is 1.24. The predicted molar refractivity (Wildman–Crippen MR) is 60.9 cm³/mol. The second-order valence-electron chi connectivity index (χ2n) is 3.04. The van der Waals surface area contributed by atoms with Crippen molar-refractivity contribution in [2.24, 2.45) is 0 Å². The zero-order valence-corrected chi connectivity index (χ0v) is 9.48. The number of ether oxygens (including phenoxy) is 1. The summed E-state index contributed by atoms with van der Waals surface area (Å²) in [4.78, 5) is 0. The van der Waals surface area contributed by atoms with E-state index in [-0.39, 0.29) is 5.75 Å². The molecule has 16 heavy (non-hydrogen) atoms. The van der Waals surface area contributed by atoms with Crippen LogP contribution in [0.1, 0.15) is 11.1 Å².